The van der Waals surface area contributed by atoms with Gasteiger partial charge in [-0.3, -0.25) is 4.98 Å². The van der Waals surface area contributed by atoms with Crippen molar-refractivity contribution in [2.24, 2.45) is 0 Å². The number of aromatic carboxylic acids is 1. The van der Waals surface area contributed by atoms with Crippen LogP contribution in [0.3, 0.4) is 0 Å². The maximum atomic E-state index is 10.7. The predicted molar refractivity (Wildman–Crippen MR) is 76.3 cm³/mol. The second kappa shape index (κ2) is 9.50. The number of nitrogens with one attached hydrogen (secondary N) is 1. The molecule has 0 atom stereocenters. The molecule has 0 fully saturated rings. The Morgan fingerprint density at radius 1 is 1.21 bits per heavy atom. The summed E-state index contributed by atoms with van der Waals surface area (Å²) in [4.78, 5) is 14.8. The molecular weight excluding hydrogens is 240 g/mol. The number of carboxylic acids is 1. The van der Waals surface area contributed by atoms with Crippen molar-refractivity contribution in [3.05, 3.63) is 29.6 Å². The van der Waals surface area contributed by atoms with Crippen LogP contribution >= 0.6 is 0 Å². The standard InChI is InChI=1S/C15H24N2O2/c1-2-3-4-5-6-7-10-16-12-14-9-8-13(11-17-14)15(18)19/h8-9,11,16H,2-7,10,12H2,1H3,(H,18,19). The van der Waals surface area contributed by atoms with Crippen molar-refractivity contribution in [2.45, 2.75) is 52.0 Å². The van der Waals surface area contributed by atoms with E-state index in [9.17, 15) is 4.79 Å². The molecule has 4 nitrogen and oxygen atoms in total. The molecule has 1 aromatic rings. The third kappa shape index (κ3) is 6.91. The fourth-order valence-corrected chi connectivity index (χ4v) is 1.90. The quantitative estimate of drug-likeness (QED) is 0.637. The fraction of sp³-hybridized carbons (Fsp3) is 0.600. The second-order valence-corrected chi connectivity index (χ2v) is 4.79. The van der Waals surface area contributed by atoms with E-state index < -0.39 is 5.97 Å². The van der Waals surface area contributed by atoms with Crippen molar-refractivity contribution in [3.8, 4) is 0 Å². The van der Waals surface area contributed by atoms with Crippen molar-refractivity contribution in [1.29, 1.82) is 0 Å². The SMILES string of the molecule is CCCCCCCCNCc1ccc(C(=O)O)cn1. The van der Waals surface area contributed by atoms with Crippen LogP contribution in [0.4, 0.5) is 0 Å². The van der Waals surface area contributed by atoms with Gasteiger partial charge in [-0.2, -0.15) is 0 Å². The Hall–Kier alpha value is -1.42. The highest BCUT2D eigenvalue weighted by atomic mass is 16.4. The van der Waals surface area contributed by atoms with Crippen LogP contribution < -0.4 is 5.32 Å². The Balaban J connectivity index is 2.07. The normalized spacial score (nSPS) is 10.6. The smallest absolute Gasteiger partial charge is 0.337 e. The van der Waals surface area contributed by atoms with Crippen LogP contribution in [0.1, 0.15) is 61.5 Å². The lowest BCUT2D eigenvalue weighted by atomic mass is 10.1. The van der Waals surface area contributed by atoms with Gasteiger partial charge in [-0.05, 0) is 25.1 Å². The largest absolute Gasteiger partial charge is 0.478 e. The summed E-state index contributed by atoms with van der Waals surface area (Å²) in [5.74, 6) is -0.931. The molecule has 0 spiro atoms. The number of rotatable bonds is 10. The summed E-state index contributed by atoms with van der Waals surface area (Å²) in [5, 5.41) is 12.1. The molecule has 0 aromatic carbocycles. The molecule has 0 aliphatic heterocycles. The number of nitrogens with zero attached hydrogens (tertiary/aromatic N) is 1. The van der Waals surface area contributed by atoms with Gasteiger partial charge in [-0.25, -0.2) is 4.79 Å². The van der Waals surface area contributed by atoms with Gasteiger partial charge in [0, 0.05) is 12.7 Å². The maximum Gasteiger partial charge on any atom is 0.337 e. The van der Waals surface area contributed by atoms with Crippen LogP contribution in [0.2, 0.25) is 0 Å². The number of pyridine rings is 1. The van der Waals surface area contributed by atoms with Crippen molar-refractivity contribution < 1.29 is 9.90 Å². The summed E-state index contributed by atoms with van der Waals surface area (Å²) < 4.78 is 0. The third-order valence-electron chi connectivity index (χ3n) is 3.08. The molecule has 0 aliphatic rings. The van der Waals surface area contributed by atoms with Crippen molar-refractivity contribution >= 4 is 5.97 Å². The van der Waals surface area contributed by atoms with Crippen LogP contribution in [0, 0.1) is 0 Å². The molecule has 0 saturated carbocycles. The third-order valence-corrected chi connectivity index (χ3v) is 3.08. The minimum absolute atomic E-state index is 0.236. The number of carbonyl (C=O) groups is 1. The molecule has 1 aromatic heterocycles. The molecule has 4 heteroatoms. The van der Waals surface area contributed by atoms with Gasteiger partial charge in [0.15, 0.2) is 0 Å². The van der Waals surface area contributed by atoms with E-state index in [1.54, 1.807) is 12.1 Å². The van der Waals surface area contributed by atoms with Crippen LogP contribution in [-0.2, 0) is 6.54 Å². The zero-order valence-electron chi connectivity index (χ0n) is 11.7. The first-order chi connectivity index (χ1) is 9.24. The topological polar surface area (TPSA) is 62.2 Å². The summed E-state index contributed by atoms with van der Waals surface area (Å²) >= 11 is 0. The van der Waals surface area contributed by atoms with Crippen LogP contribution in [-0.4, -0.2) is 22.6 Å². The zero-order chi connectivity index (χ0) is 13.9. The summed E-state index contributed by atoms with van der Waals surface area (Å²) in [6, 6.07) is 3.36. The first-order valence-electron chi connectivity index (χ1n) is 7.13. The van der Waals surface area contributed by atoms with Gasteiger partial charge in [0.1, 0.15) is 0 Å². The minimum atomic E-state index is -0.931. The molecule has 0 saturated heterocycles. The molecular formula is C15H24N2O2. The highest BCUT2D eigenvalue weighted by Gasteiger charge is 2.02. The molecule has 0 amide bonds. The van der Waals surface area contributed by atoms with E-state index in [1.807, 2.05) is 0 Å². The molecule has 2 N–H and O–H groups in total. The second-order valence-electron chi connectivity index (χ2n) is 4.79. The predicted octanol–water partition coefficient (Wildman–Crippen LogP) is 3.23. The molecule has 0 bridgehead atoms. The van der Waals surface area contributed by atoms with Gasteiger partial charge in [0.05, 0.1) is 11.3 Å². The fourth-order valence-electron chi connectivity index (χ4n) is 1.90. The Morgan fingerprint density at radius 3 is 2.58 bits per heavy atom. The zero-order valence-corrected chi connectivity index (χ0v) is 11.7. The first-order valence-corrected chi connectivity index (χ1v) is 7.13. The minimum Gasteiger partial charge on any atom is -0.478 e. The van der Waals surface area contributed by atoms with Crippen molar-refractivity contribution in [2.75, 3.05) is 6.54 Å². The summed E-state index contributed by atoms with van der Waals surface area (Å²) in [6.07, 6.45) is 9.17. The molecule has 0 aliphatic carbocycles. The number of hydrogen-bond donors (Lipinski definition) is 2. The molecule has 1 rings (SSSR count). The highest BCUT2D eigenvalue weighted by molar-refractivity contribution is 5.87. The average molecular weight is 264 g/mol. The van der Waals surface area contributed by atoms with E-state index in [0.717, 1.165) is 12.2 Å². The van der Waals surface area contributed by atoms with Crippen LogP contribution in [0.25, 0.3) is 0 Å². The maximum absolute atomic E-state index is 10.7. The Kier molecular flexibility index (Phi) is 7.82. The number of unbranched alkanes of at least 4 members (excludes halogenated alkanes) is 5. The molecule has 1 heterocycles. The monoisotopic (exact) mass is 264 g/mol. The van der Waals surface area contributed by atoms with E-state index in [2.05, 4.69) is 17.2 Å². The van der Waals surface area contributed by atoms with Crippen LogP contribution in [0.15, 0.2) is 18.3 Å². The van der Waals surface area contributed by atoms with E-state index in [0.29, 0.717) is 6.54 Å². The van der Waals surface area contributed by atoms with Gasteiger partial charge in [0.2, 0.25) is 0 Å². The Morgan fingerprint density at radius 2 is 1.95 bits per heavy atom. The van der Waals surface area contributed by atoms with Gasteiger partial charge in [-0.15, -0.1) is 0 Å². The van der Waals surface area contributed by atoms with Gasteiger partial charge >= 0.3 is 5.97 Å². The highest BCUT2D eigenvalue weighted by Crippen LogP contribution is 2.04. The lowest BCUT2D eigenvalue weighted by molar-refractivity contribution is 0.0696. The lowest BCUT2D eigenvalue weighted by Crippen LogP contribution is -2.15. The van der Waals surface area contributed by atoms with Gasteiger partial charge < -0.3 is 10.4 Å². The van der Waals surface area contributed by atoms with Gasteiger partial charge in [0.25, 0.3) is 0 Å². The summed E-state index contributed by atoms with van der Waals surface area (Å²) in [6.45, 7) is 3.92. The van der Waals surface area contributed by atoms with Gasteiger partial charge in [-0.1, -0.05) is 39.0 Å². The summed E-state index contributed by atoms with van der Waals surface area (Å²) in [7, 11) is 0. The number of hydrogen-bond acceptors (Lipinski definition) is 3. The molecule has 106 valence electrons. The molecule has 0 unspecified atom stereocenters. The molecule has 0 radical (unpaired) electrons. The number of carboxylic acid groups (broad SMARTS) is 1. The summed E-state index contributed by atoms with van der Waals surface area (Å²) in [5.41, 5.74) is 1.12. The van der Waals surface area contributed by atoms with E-state index >= 15 is 0 Å². The van der Waals surface area contributed by atoms with E-state index in [1.165, 1.54) is 44.7 Å². The van der Waals surface area contributed by atoms with E-state index in [-0.39, 0.29) is 5.56 Å². The van der Waals surface area contributed by atoms with Crippen molar-refractivity contribution in [1.82, 2.24) is 10.3 Å². The first kappa shape index (κ1) is 15.6. The van der Waals surface area contributed by atoms with Crippen LogP contribution in [0.5, 0.6) is 0 Å². The molecule has 19 heavy (non-hydrogen) atoms. The van der Waals surface area contributed by atoms with E-state index in [4.69, 9.17) is 5.11 Å². The Bertz CT molecular complexity index is 363. The average Bonchev–Trinajstić information content (AvgIpc) is 2.42. The lowest BCUT2D eigenvalue weighted by Gasteiger charge is -2.04. The van der Waals surface area contributed by atoms with Crippen molar-refractivity contribution in [3.63, 3.8) is 0 Å². The number of aromatic nitrogens is 1. The Labute approximate surface area is 115 Å².